The van der Waals surface area contributed by atoms with Crippen LogP contribution in [0.25, 0.3) is 33.7 Å². The second kappa shape index (κ2) is 8.37. The van der Waals surface area contributed by atoms with E-state index in [1.165, 1.54) is 0 Å². The van der Waals surface area contributed by atoms with E-state index in [-0.39, 0.29) is 18.5 Å². The highest BCUT2D eigenvalue weighted by Gasteiger charge is 2.30. The molecule has 1 atom stereocenters. The largest absolute Gasteiger partial charge is 0.358 e. The number of H-pyrrole nitrogens is 1. The van der Waals surface area contributed by atoms with Gasteiger partial charge in [0.1, 0.15) is 22.8 Å². The maximum Gasteiger partial charge on any atom is 0.242 e. The molecule has 0 bridgehead atoms. The molecule has 1 aliphatic rings. The molecular formula is C23H21ClN8OS. The number of hydrogen-bond acceptors (Lipinski definition) is 7. The molecule has 11 heteroatoms. The van der Waals surface area contributed by atoms with Crippen LogP contribution in [0.15, 0.2) is 48.4 Å². The number of amides is 1. The third-order valence-electron chi connectivity index (χ3n) is 6.13. The number of anilines is 1. The molecule has 6 rings (SSSR count). The standard InChI is InChI=1S/C23H21ClN8OS/c1-14-10-30(7-8-32(14)19(33)11-31-12-26-17-3-2-6-25-22(17)31)23-20(27-13-34-23)21-28-16-5-4-15(24)9-18(16)29-21/h2-6,9,12-14H,7-8,10-11H2,1H3,(H,28,29). The number of rotatable bonds is 4. The summed E-state index contributed by atoms with van der Waals surface area (Å²) < 4.78 is 1.81. The number of pyridine rings is 1. The summed E-state index contributed by atoms with van der Waals surface area (Å²) in [5.74, 6) is 0.787. The number of benzene rings is 1. The highest BCUT2D eigenvalue weighted by molar-refractivity contribution is 7.14. The summed E-state index contributed by atoms with van der Waals surface area (Å²) >= 11 is 7.71. The minimum atomic E-state index is 0.0495. The smallest absolute Gasteiger partial charge is 0.242 e. The molecule has 5 heterocycles. The van der Waals surface area contributed by atoms with Gasteiger partial charge in [0.2, 0.25) is 5.91 Å². The van der Waals surface area contributed by atoms with Crippen LogP contribution in [0.3, 0.4) is 0 Å². The molecule has 0 saturated carbocycles. The minimum Gasteiger partial charge on any atom is -0.358 e. The van der Waals surface area contributed by atoms with Crippen molar-refractivity contribution in [2.45, 2.75) is 19.5 Å². The normalized spacial score (nSPS) is 16.6. The van der Waals surface area contributed by atoms with Gasteiger partial charge < -0.3 is 19.4 Å². The average Bonchev–Trinajstić information content (AvgIpc) is 3.57. The summed E-state index contributed by atoms with van der Waals surface area (Å²) in [6.45, 7) is 4.38. The summed E-state index contributed by atoms with van der Waals surface area (Å²) in [6, 6.07) is 9.38. The lowest BCUT2D eigenvalue weighted by atomic mass is 10.2. The second-order valence-electron chi connectivity index (χ2n) is 8.35. The quantitative estimate of drug-likeness (QED) is 0.409. The summed E-state index contributed by atoms with van der Waals surface area (Å²) in [5, 5.41) is 1.71. The Morgan fingerprint density at radius 2 is 2.12 bits per heavy atom. The van der Waals surface area contributed by atoms with Gasteiger partial charge in [0.05, 0.1) is 22.9 Å². The molecule has 0 aliphatic carbocycles. The van der Waals surface area contributed by atoms with Crippen LogP contribution < -0.4 is 4.90 Å². The summed E-state index contributed by atoms with van der Waals surface area (Å²) in [7, 11) is 0. The first-order valence-corrected chi connectivity index (χ1v) is 12.2. The first-order chi connectivity index (χ1) is 16.6. The van der Waals surface area contributed by atoms with Crippen LogP contribution in [0.2, 0.25) is 5.02 Å². The van der Waals surface area contributed by atoms with Crippen LogP contribution in [-0.2, 0) is 11.3 Å². The Kier molecular flexibility index (Phi) is 5.19. The number of aromatic amines is 1. The highest BCUT2D eigenvalue weighted by atomic mass is 35.5. The van der Waals surface area contributed by atoms with Gasteiger partial charge in [0.15, 0.2) is 11.5 Å². The van der Waals surface area contributed by atoms with Gasteiger partial charge in [-0.25, -0.2) is 19.9 Å². The number of thiazole rings is 1. The zero-order chi connectivity index (χ0) is 23.2. The molecule has 9 nitrogen and oxygen atoms in total. The van der Waals surface area contributed by atoms with E-state index in [0.29, 0.717) is 11.6 Å². The van der Waals surface area contributed by atoms with Gasteiger partial charge in [-0.3, -0.25) is 4.79 Å². The number of hydrogen-bond donors (Lipinski definition) is 1. The molecule has 1 saturated heterocycles. The fraction of sp³-hybridized carbons (Fsp3) is 0.261. The van der Waals surface area contributed by atoms with Crippen molar-refractivity contribution in [3.05, 3.63) is 53.4 Å². The Hall–Kier alpha value is -3.50. The van der Waals surface area contributed by atoms with Crippen molar-refractivity contribution in [1.82, 2.24) is 34.4 Å². The van der Waals surface area contributed by atoms with Crippen molar-refractivity contribution in [1.29, 1.82) is 0 Å². The van der Waals surface area contributed by atoms with Crippen LogP contribution in [0.1, 0.15) is 6.92 Å². The molecule has 172 valence electrons. The number of fused-ring (bicyclic) bond motifs is 2. The number of nitrogens with one attached hydrogen (secondary N) is 1. The fourth-order valence-electron chi connectivity index (χ4n) is 4.48. The number of piperazine rings is 1. The number of aromatic nitrogens is 6. The maximum absolute atomic E-state index is 13.1. The molecule has 1 aromatic carbocycles. The summed E-state index contributed by atoms with van der Waals surface area (Å²) in [5.41, 5.74) is 5.91. The summed E-state index contributed by atoms with van der Waals surface area (Å²) in [6.07, 6.45) is 3.40. The lowest BCUT2D eigenvalue weighted by Gasteiger charge is -2.40. The van der Waals surface area contributed by atoms with E-state index in [1.54, 1.807) is 23.9 Å². The molecule has 1 amide bonds. The molecular weight excluding hydrogens is 472 g/mol. The van der Waals surface area contributed by atoms with E-state index in [9.17, 15) is 4.79 Å². The topological polar surface area (TPSA) is 95.8 Å². The molecule has 4 aromatic heterocycles. The number of nitrogens with zero attached hydrogens (tertiary/aromatic N) is 7. The first-order valence-electron chi connectivity index (χ1n) is 11.0. The van der Waals surface area contributed by atoms with Gasteiger partial charge in [-0.2, -0.15) is 0 Å². The van der Waals surface area contributed by atoms with E-state index < -0.39 is 0 Å². The number of carbonyl (C=O) groups excluding carboxylic acids is 1. The summed E-state index contributed by atoms with van der Waals surface area (Å²) in [4.78, 5) is 38.7. The van der Waals surface area contributed by atoms with Crippen molar-refractivity contribution in [3.8, 4) is 11.5 Å². The zero-order valence-corrected chi connectivity index (χ0v) is 19.9. The molecule has 5 aromatic rings. The Morgan fingerprint density at radius 1 is 1.21 bits per heavy atom. The van der Waals surface area contributed by atoms with Crippen molar-refractivity contribution in [2.75, 3.05) is 24.5 Å². The molecule has 0 radical (unpaired) electrons. The third kappa shape index (κ3) is 3.68. The monoisotopic (exact) mass is 492 g/mol. The van der Waals surface area contributed by atoms with Crippen molar-refractivity contribution in [3.63, 3.8) is 0 Å². The lowest BCUT2D eigenvalue weighted by Crippen LogP contribution is -2.54. The van der Waals surface area contributed by atoms with Crippen molar-refractivity contribution in [2.24, 2.45) is 0 Å². The molecule has 0 spiro atoms. The maximum atomic E-state index is 13.1. The predicted octanol–water partition coefficient (Wildman–Crippen LogP) is 3.82. The highest BCUT2D eigenvalue weighted by Crippen LogP contribution is 2.34. The second-order valence-corrected chi connectivity index (χ2v) is 9.62. The van der Waals surface area contributed by atoms with Crippen LogP contribution in [0.5, 0.6) is 0 Å². The Balaban J connectivity index is 1.19. The minimum absolute atomic E-state index is 0.0495. The predicted molar refractivity (Wildman–Crippen MR) is 133 cm³/mol. The SMILES string of the molecule is CC1CN(c2scnc2-c2nc3ccc(Cl)cc3[nH]2)CCN1C(=O)Cn1cnc2cccnc21. The lowest BCUT2D eigenvalue weighted by molar-refractivity contribution is -0.134. The van der Waals surface area contributed by atoms with Crippen molar-refractivity contribution < 1.29 is 4.79 Å². The van der Waals surface area contributed by atoms with E-state index in [2.05, 4.69) is 31.8 Å². The number of imidazole rings is 2. The Morgan fingerprint density at radius 3 is 3.00 bits per heavy atom. The molecule has 1 N–H and O–H groups in total. The van der Waals surface area contributed by atoms with Gasteiger partial charge in [0, 0.05) is 36.9 Å². The van der Waals surface area contributed by atoms with Gasteiger partial charge >= 0.3 is 0 Å². The zero-order valence-electron chi connectivity index (χ0n) is 18.3. The average molecular weight is 493 g/mol. The van der Waals surface area contributed by atoms with Gasteiger partial charge in [-0.15, -0.1) is 11.3 Å². The first kappa shape index (κ1) is 21.1. The Labute approximate surface area is 204 Å². The molecule has 1 fully saturated rings. The molecule has 34 heavy (non-hydrogen) atoms. The third-order valence-corrected chi connectivity index (χ3v) is 7.25. The Bertz CT molecular complexity index is 1510. The van der Waals surface area contributed by atoms with E-state index in [1.807, 2.05) is 45.3 Å². The fourth-order valence-corrected chi connectivity index (χ4v) is 5.49. The van der Waals surface area contributed by atoms with Gasteiger partial charge in [-0.1, -0.05) is 11.6 Å². The van der Waals surface area contributed by atoms with Crippen LogP contribution >= 0.6 is 22.9 Å². The van der Waals surface area contributed by atoms with E-state index in [0.717, 1.165) is 51.8 Å². The van der Waals surface area contributed by atoms with Gasteiger partial charge in [-0.05, 0) is 37.3 Å². The molecule has 1 aliphatic heterocycles. The van der Waals surface area contributed by atoms with Crippen LogP contribution in [-0.4, -0.2) is 66.0 Å². The van der Waals surface area contributed by atoms with Crippen LogP contribution in [0.4, 0.5) is 5.00 Å². The van der Waals surface area contributed by atoms with E-state index >= 15 is 0 Å². The number of carbonyl (C=O) groups is 1. The van der Waals surface area contributed by atoms with Crippen molar-refractivity contribution >= 4 is 56.0 Å². The van der Waals surface area contributed by atoms with E-state index in [4.69, 9.17) is 16.6 Å². The molecule has 1 unspecified atom stereocenters. The van der Waals surface area contributed by atoms with Crippen LogP contribution in [0, 0.1) is 0 Å². The number of halogens is 1. The van der Waals surface area contributed by atoms with Gasteiger partial charge in [0.25, 0.3) is 0 Å².